The second kappa shape index (κ2) is 6.25. The van der Waals surface area contributed by atoms with Gasteiger partial charge in [-0.25, -0.2) is 0 Å². The van der Waals surface area contributed by atoms with Gasteiger partial charge in [0.15, 0.2) is 0 Å². The molecule has 108 valence electrons. The highest BCUT2D eigenvalue weighted by Gasteiger charge is 2.36. The van der Waals surface area contributed by atoms with E-state index in [1.54, 1.807) is 0 Å². The third kappa shape index (κ3) is 3.13. The van der Waals surface area contributed by atoms with Crippen LogP contribution in [0.3, 0.4) is 0 Å². The van der Waals surface area contributed by atoms with Crippen molar-refractivity contribution in [1.82, 2.24) is 4.90 Å². The first-order valence-electron chi connectivity index (χ1n) is 8.26. The van der Waals surface area contributed by atoms with Gasteiger partial charge in [0, 0.05) is 19.2 Å². The maximum absolute atomic E-state index is 12.5. The zero-order valence-electron chi connectivity index (χ0n) is 12.0. The quantitative estimate of drug-likeness (QED) is 0.784. The van der Waals surface area contributed by atoms with Crippen LogP contribution in [0.4, 0.5) is 0 Å². The predicted molar refractivity (Wildman–Crippen MR) is 74.9 cm³/mol. The minimum atomic E-state index is -0.119. The Balaban J connectivity index is 1.55. The number of likely N-dealkylation sites (tertiary alicyclic amines) is 1. The van der Waals surface area contributed by atoms with Crippen molar-refractivity contribution in [2.24, 2.45) is 5.92 Å². The standard InChI is InChI=1S/C16H27NO2/c18-16(15-9-5-11-19-15)17-10-4-8-14(17)12-13-6-2-1-3-7-13/h13-15H,1-12H2/t14-,15-/m1/s1. The molecule has 3 aliphatic rings. The lowest BCUT2D eigenvalue weighted by molar-refractivity contribution is -0.142. The molecule has 3 nitrogen and oxygen atoms in total. The average molecular weight is 265 g/mol. The van der Waals surface area contributed by atoms with E-state index in [2.05, 4.69) is 4.90 Å². The second-order valence-corrected chi connectivity index (χ2v) is 6.57. The molecule has 1 amide bonds. The summed E-state index contributed by atoms with van der Waals surface area (Å²) >= 11 is 0. The van der Waals surface area contributed by atoms with Gasteiger partial charge in [-0.1, -0.05) is 32.1 Å². The molecule has 0 aromatic rings. The Hall–Kier alpha value is -0.570. The van der Waals surface area contributed by atoms with Crippen LogP contribution in [0.1, 0.15) is 64.2 Å². The molecule has 3 fully saturated rings. The van der Waals surface area contributed by atoms with Crippen LogP contribution in [0.15, 0.2) is 0 Å². The van der Waals surface area contributed by atoms with Crippen molar-refractivity contribution in [1.29, 1.82) is 0 Å². The molecular weight excluding hydrogens is 238 g/mol. The largest absolute Gasteiger partial charge is 0.368 e. The number of amides is 1. The van der Waals surface area contributed by atoms with Crippen LogP contribution in [0, 0.1) is 5.92 Å². The maximum atomic E-state index is 12.5. The number of rotatable bonds is 3. The topological polar surface area (TPSA) is 29.5 Å². The van der Waals surface area contributed by atoms with E-state index in [1.165, 1.54) is 51.4 Å². The van der Waals surface area contributed by atoms with Gasteiger partial charge in [-0.05, 0) is 38.0 Å². The summed E-state index contributed by atoms with van der Waals surface area (Å²) in [7, 11) is 0. The molecule has 0 aromatic heterocycles. The van der Waals surface area contributed by atoms with Crippen molar-refractivity contribution >= 4 is 5.91 Å². The third-order valence-corrected chi connectivity index (χ3v) is 5.20. The van der Waals surface area contributed by atoms with Crippen LogP contribution in [0.2, 0.25) is 0 Å². The Kier molecular flexibility index (Phi) is 4.42. The third-order valence-electron chi connectivity index (χ3n) is 5.20. The van der Waals surface area contributed by atoms with Crippen LogP contribution < -0.4 is 0 Å². The average Bonchev–Trinajstić information content (AvgIpc) is 3.10. The highest BCUT2D eigenvalue weighted by molar-refractivity contribution is 5.81. The van der Waals surface area contributed by atoms with Crippen LogP contribution in [-0.4, -0.2) is 36.1 Å². The van der Waals surface area contributed by atoms with E-state index >= 15 is 0 Å². The molecule has 1 saturated carbocycles. The number of nitrogens with zero attached hydrogens (tertiary/aromatic N) is 1. The van der Waals surface area contributed by atoms with Crippen LogP contribution in [-0.2, 0) is 9.53 Å². The molecule has 2 saturated heterocycles. The fourth-order valence-corrected chi connectivity index (χ4v) is 4.14. The summed E-state index contributed by atoms with van der Waals surface area (Å²) < 4.78 is 5.57. The van der Waals surface area contributed by atoms with Gasteiger partial charge in [-0.3, -0.25) is 4.79 Å². The molecule has 2 heterocycles. The molecule has 19 heavy (non-hydrogen) atoms. The lowest BCUT2D eigenvalue weighted by Crippen LogP contribution is -2.42. The Morgan fingerprint density at radius 1 is 1.00 bits per heavy atom. The smallest absolute Gasteiger partial charge is 0.251 e. The Bertz CT molecular complexity index is 306. The summed E-state index contributed by atoms with van der Waals surface area (Å²) in [5.74, 6) is 1.16. The molecular formula is C16H27NO2. The minimum absolute atomic E-state index is 0.119. The highest BCUT2D eigenvalue weighted by atomic mass is 16.5. The van der Waals surface area contributed by atoms with Crippen molar-refractivity contribution in [2.45, 2.75) is 76.4 Å². The first kappa shape index (κ1) is 13.4. The van der Waals surface area contributed by atoms with E-state index in [0.29, 0.717) is 6.04 Å². The van der Waals surface area contributed by atoms with Crippen LogP contribution in [0.5, 0.6) is 0 Å². The number of hydrogen-bond acceptors (Lipinski definition) is 2. The number of carbonyl (C=O) groups is 1. The molecule has 0 N–H and O–H groups in total. The van der Waals surface area contributed by atoms with E-state index in [0.717, 1.165) is 31.9 Å². The lowest BCUT2D eigenvalue weighted by Gasteiger charge is -2.31. The monoisotopic (exact) mass is 265 g/mol. The Morgan fingerprint density at radius 2 is 1.84 bits per heavy atom. The molecule has 1 aliphatic carbocycles. The van der Waals surface area contributed by atoms with E-state index in [9.17, 15) is 4.79 Å². The molecule has 0 unspecified atom stereocenters. The molecule has 0 spiro atoms. The number of ether oxygens (including phenoxy) is 1. The zero-order valence-corrected chi connectivity index (χ0v) is 12.0. The predicted octanol–water partition coefficient (Wildman–Crippen LogP) is 3.13. The maximum Gasteiger partial charge on any atom is 0.251 e. The molecule has 0 aromatic carbocycles. The van der Waals surface area contributed by atoms with Crippen LogP contribution in [0.25, 0.3) is 0 Å². The first-order chi connectivity index (χ1) is 9.34. The normalized spacial score (nSPS) is 32.9. The van der Waals surface area contributed by atoms with Gasteiger partial charge >= 0.3 is 0 Å². The van der Waals surface area contributed by atoms with E-state index in [1.807, 2.05) is 0 Å². The summed E-state index contributed by atoms with van der Waals surface area (Å²) in [4.78, 5) is 14.7. The van der Waals surface area contributed by atoms with E-state index in [4.69, 9.17) is 4.74 Å². The zero-order chi connectivity index (χ0) is 13.1. The number of carbonyl (C=O) groups excluding carboxylic acids is 1. The van der Waals surface area contributed by atoms with Gasteiger partial charge < -0.3 is 9.64 Å². The lowest BCUT2D eigenvalue weighted by atomic mass is 9.84. The summed E-state index contributed by atoms with van der Waals surface area (Å²) in [6.07, 6.45) is 12.5. The van der Waals surface area contributed by atoms with E-state index < -0.39 is 0 Å². The number of hydrogen-bond donors (Lipinski definition) is 0. The molecule has 3 rings (SSSR count). The molecule has 0 bridgehead atoms. The van der Waals surface area contributed by atoms with Crippen molar-refractivity contribution in [3.8, 4) is 0 Å². The fraction of sp³-hybridized carbons (Fsp3) is 0.938. The molecule has 3 heteroatoms. The summed E-state index contributed by atoms with van der Waals surface area (Å²) in [5, 5.41) is 0. The van der Waals surface area contributed by atoms with Crippen molar-refractivity contribution in [2.75, 3.05) is 13.2 Å². The van der Waals surface area contributed by atoms with Gasteiger partial charge in [0.25, 0.3) is 5.91 Å². The van der Waals surface area contributed by atoms with Crippen LogP contribution >= 0.6 is 0 Å². The van der Waals surface area contributed by atoms with Gasteiger partial charge in [-0.2, -0.15) is 0 Å². The van der Waals surface area contributed by atoms with Gasteiger partial charge in [0.1, 0.15) is 6.10 Å². The highest BCUT2D eigenvalue weighted by Crippen LogP contribution is 2.32. The van der Waals surface area contributed by atoms with Crippen molar-refractivity contribution in [3.63, 3.8) is 0 Å². The first-order valence-corrected chi connectivity index (χ1v) is 8.26. The van der Waals surface area contributed by atoms with Gasteiger partial charge in [0.05, 0.1) is 0 Å². The van der Waals surface area contributed by atoms with Gasteiger partial charge in [0.2, 0.25) is 0 Å². The SMILES string of the molecule is O=C([C@H]1CCCO1)N1CCC[C@@H]1CC1CCCCC1. The summed E-state index contributed by atoms with van der Waals surface area (Å²) in [6, 6.07) is 0.514. The molecule has 2 atom stereocenters. The summed E-state index contributed by atoms with van der Waals surface area (Å²) in [6.45, 7) is 1.74. The minimum Gasteiger partial charge on any atom is -0.368 e. The summed E-state index contributed by atoms with van der Waals surface area (Å²) in [5.41, 5.74) is 0. The van der Waals surface area contributed by atoms with Gasteiger partial charge in [-0.15, -0.1) is 0 Å². The second-order valence-electron chi connectivity index (χ2n) is 6.57. The van der Waals surface area contributed by atoms with Crippen molar-refractivity contribution in [3.05, 3.63) is 0 Å². The van der Waals surface area contributed by atoms with Crippen molar-refractivity contribution < 1.29 is 9.53 Å². The Morgan fingerprint density at radius 3 is 2.58 bits per heavy atom. The fourth-order valence-electron chi connectivity index (χ4n) is 4.14. The molecule has 2 aliphatic heterocycles. The Labute approximate surface area is 116 Å². The molecule has 0 radical (unpaired) electrons. The van der Waals surface area contributed by atoms with E-state index in [-0.39, 0.29) is 12.0 Å².